The SMILES string of the molecule is C=CCN1C(=O)N/C(=C/c2cc(Br)c(OC(C)C)c(OC)c2)C1=O. The molecule has 1 aliphatic rings. The van der Waals surface area contributed by atoms with E-state index < -0.39 is 11.9 Å². The summed E-state index contributed by atoms with van der Waals surface area (Å²) >= 11 is 3.45. The molecule has 1 fully saturated rings. The lowest BCUT2D eigenvalue weighted by atomic mass is 10.1. The van der Waals surface area contributed by atoms with E-state index in [1.54, 1.807) is 25.3 Å². The van der Waals surface area contributed by atoms with Gasteiger partial charge < -0.3 is 14.8 Å². The molecule has 7 heteroatoms. The molecule has 2 rings (SSSR count). The third-order valence-corrected chi connectivity index (χ3v) is 3.78. The largest absolute Gasteiger partial charge is 0.493 e. The van der Waals surface area contributed by atoms with Gasteiger partial charge in [0.2, 0.25) is 0 Å². The van der Waals surface area contributed by atoms with Crippen molar-refractivity contribution < 1.29 is 19.1 Å². The van der Waals surface area contributed by atoms with Crippen molar-refractivity contribution in [3.05, 3.63) is 40.5 Å². The van der Waals surface area contributed by atoms with Crippen molar-refractivity contribution in [1.29, 1.82) is 0 Å². The molecular weight excluding hydrogens is 376 g/mol. The van der Waals surface area contributed by atoms with Gasteiger partial charge in [0.25, 0.3) is 5.91 Å². The number of amides is 3. The van der Waals surface area contributed by atoms with Crippen LogP contribution in [0.2, 0.25) is 0 Å². The fourth-order valence-corrected chi connectivity index (χ4v) is 2.76. The maximum absolute atomic E-state index is 12.2. The first-order valence-electron chi connectivity index (χ1n) is 7.37. The summed E-state index contributed by atoms with van der Waals surface area (Å²) in [6.45, 7) is 7.54. The number of halogens is 1. The third kappa shape index (κ3) is 3.79. The molecule has 1 saturated heterocycles. The molecule has 1 aromatic rings. The maximum atomic E-state index is 12.2. The average Bonchev–Trinajstić information content (AvgIpc) is 2.77. The smallest absolute Gasteiger partial charge is 0.329 e. The van der Waals surface area contributed by atoms with Crippen LogP contribution in [0.25, 0.3) is 6.08 Å². The molecule has 0 aliphatic carbocycles. The Labute approximate surface area is 149 Å². The fourth-order valence-electron chi connectivity index (χ4n) is 2.21. The highest BCUT2D eigenvalue weighted by molar-refractivity contribution is 9.10. The molecule has 1 heterocycles. The Morgan fingerprint density at radius 3 is 2.67 bits per heavy atom. The summed E-state index contributed by atoms with van der Waals surface area (Å²) in [6.07, 6.45) is 3.08. The van der Waals surface area contributed by atoms with E-state index in [1.807, 2.05) is 13.8 Å². The number of hydrogen-bond donors (Lipinski definition) is 1. The van der Waals surface area contributed by atoms with Crippen LogP contribution < -0.4 is 14.8 Å². The Morgan fingerprint density at radius 2 is 2.08 bits per heavy atom. The molecule has 0 unspecified atom stereocenters. The number of hydrogen-bond acceptors (Lipinski definition) is 4. The first-order chi connectivity index (χ1) is 11.4. The van der Waals surface area contributed by atoms with Crippen LogP contribution in [0.15, 0.2) is 35.0 Å². The van der Waals surface area contributed by atoms with Crippen molar-refractivity contribution in [2.75, 3.05) is 13.7 Å². The minimum atomic E-state index is -0.461. The number of ether oxygens (including phenoxy) is 2. The molecule has 128 valence electrons. The molecule has 1 aliphatic heterocycles. The van der Waals surface area contributed by atoms with Crippen LogP contribution in [-0.4, -0.2) is 36.6 Å². The van der Waals surface area contributed by atoms with Crippen LogP contribution >= 0.6 is 15.9 Å². The maximum Gasteiger partial charge on any atom is 0.329 e. The predicted octanol–water partition coefficient (Wildman–Crippen LogP) is 3.32. The molecule has 0 saturated carbocycles. The van der Waals surface area contributed by atoms with Gasteiger partial charge in [0, 0.05) is 6.54 Å². The molecule has 1 N–H and O–H groups in total. The molecule has 0 aromatic heterocycles. The van der Waals surface area contributed by atoms with Crippen LogP contribution in [0.3, 0.4) is 0 Å². The molecule has 0 radical (unpaired) electrons. The molecule has 3 amide bonds. The predicted molar refractivity (Wildman–Crippen MR) is 94.9 cm³/mol. The molecule has 6 nitrogen and oxygen atoms in total. The van der Waals surface area contributed by atoms with Gasteiger partial charge in [-0.25, -0.2) is 4.79 Å². The lowest BCUT2D eigenvalue weighted by Gasteiger charge is -2.16. The van der Waals surface area contributed by atoms with Crippen molar-refractivity contribution in [3.63, 3.8) is 0 Å². The zero-order chi connectivity index (χ0) is 17.9. The molecule has 24 heavy (non-hydrogen) atoms. The Morgan fingerprint density at radius 1 is 1.38 bits per heavy atom. The quantitative estimate of drug-likeness (QED) is 0.456. The van der Waals surface area contributed by atoms with Crippen molar-refractivity contribution in [3.8, 4) is 11.5 Å². The number of benzene rings is 1. The van der Waals surface area contributed by atoms with Crippen molar-refractivity contribution in [2.24, 2.45) is 0 Å². The van der Waals surface area contributed by atoms with E-state index in [2.05, 4.69) is 27.8 Å². The number of carbonyl (C=O) groups excluding carboxylic acids is 2. The summed E-state index contributed by atoms with van der Waals surface area (Å²) in [5, 5.41) is 2.55. The van der Waals surface area contributed by atoms with Gasteiger partial charge in [-0.1, -0.05) is 6.08 Å². The highest BCUT2D eigenvalue weighted by Gasteiger charge is 2.32. The molecular formula is C17H19BrN2O4. The third-order valence-electron chi connectivity index (χ3n) is 3.19. The summed E-state index contributed by atoms with van der Waals surface area (Å²) in [7, 11) is 1.54. The fraction of sp³-hybridized carbons (Fsp3) is 0.294. The lowest BCUT2D eigenvalue weighted by Crippen LogP contribution is -2.30. The second kappa shape index (κ2) is 7.53. The van der Waals surface area contributed by atoms with Gasteiger partial charge in [-0.15, -0.1) is 6.58 Å². The zero-order valence-corrected chi connectivity index (χ0v) is 15.3. The van der Waals surface area contributed by atoms with Gasteiger partial charge in [0.1, 0.15) is 5.70 Å². The monoisotopic (exact) mass is 394 g/mol. The van der Waals surface area contributed by atoms with Crippen LogP contribution in [0.5, 0.6) is 11.5 Å². The number of rotatable bonds is 6. The average molecular weight is 395 g/mol. The second-order valence-corrected chi connectivity index (χ2v) is 6.25. The van der Waals surface area contributed by atoms with Crippen molar-refractivity contribution in [2.45, 2.75) is 20.0 Å². The first-order valence-corrected chi connectivity index (χ1v) is 8.16. The Hall–Kier alpha value is -2.28. The van der Waals surface area contributed by atoms with E-state index in [1.165, 1.54) is 6.08 Å². The normalized spacial score (nSPS) is 15.9. The van der Waals surface area contributed by atoms with Crippen LogP contribution in [-0.2, 0) is 4.79 Å². The van der Waals surface area contributed by atoms with E-state index in [4.69, 9.17) is 9.47 Å². The number of urea groups is 1. The topological polar surface area (TPSA) is 67.9 Å². The minimum Gasteiger partial charge on any atom is -0.493 e. The van der Waals surface area contributed by atoms with Crippen LogP contribution in [0, 0.1) is 0 Å². The number of carbonyl (C=O) groups is 2. The first kappa shape index (κ1) is 18.1. The van der Waals surface area contributed by atoms with Gasteiger partial charge in [0.15, 0.2) is 11.5 Å². The van der Waals surface area contributed by atoms with Gasteiger partial charge >= 0.3 is 6.03 Å². The van der Waals surface area contributed by atoms with Crippen LogP contribution in [0.1, 0.15) is 19.4 Å². The number of imide groups is 1. The van der Waals surface area contributed by atoms with Gasteiger partial charge in [-0.3, -0.25) is 9.69 Å². The van der Waals surface area contributed by atoms with E-state index in [0.29, 0.717) is 21.5 Å². The molecule has 1 aromatic carbocycles. The molecule has 0 spiro atoms. The highest BCUT2D eigenvalue weighted by Crippen LogP contribution is 2.38. The van der Waals surface area contributed by atoms with E-state index in [9.17, 15) is 9.59 Å². The summed E-state index contributed by atoms with van der Waals surface area (Å²) < 4.78 is 11.8. The Kier molecular flexibility index (Phi) is 5.66. The summed E-state index contributed by atoms with van der Waals surface area (Å²) in [6, 6.07) is 3.07. The number of nitrogens with zero attached hydrogens (tertiary/aromatic N) is 1. The minimum absolute atomic E-state index is 0.0115. The van der Waals surface area contributed by atoms with Gasteiger partial charge in [-0.05, 0) is 53.5 Å². The lowest BCUT2D eigenvalue weighted by molar-refractivity contribution is -0.122. The summed E-state index contributed by atoms with van der Waals surface area (Å²) in [5.74, 6) is 0.729. The van der Waals surface area contributed by atoms with E-state index in [0.717, 1.165) is 4.90 Å². The highest BCUT2D eigenvalue weighted by atomic mass is 79.9. The second-order valence-electron chi connectivity index (χ2n) is 5.39. The Balaban J connectivity index is 2.36. The van der Waals surface area contributed by atoms with Crippen LogP contribution in [0.4, 0.5) is 4.79 Å². The number of nitrogens with one attached hydrogen (secondary N) is 1. The summed E-state index contributed by atoms with van der Waals surface area (Å²) in [5.41, 5.74) is 0.896. The van der Waals surface area contributed by atoms with Crippen molar-refractivity contribution >= 4 is 33.9 Å². The summed E-state index contributed by atoms with van der Waals surface area (Å²) in [4.78, 5) is 25.1. The van der Waals surface area contributed by atoms with Crippen molar-refractivity contribution in [1.82, 2.24) is 10.2 Å². The molecule has 0 atom stereocenters. The number of methoxy groups -OCH3 is 1. The van der Waals surface area contributed by atoms with E-state index in [-0.39, 0.29) is 18.3 Å². The Bertz CT molecular complexity index is 713. The van der Waals surface area contributed by atoms with Gasteiger partial charge in [0.05, 0.1) is 17.7 Å². The van der Waals surface area contributed by atoms with Gasteiger partial charge in [-0.2, -0.15) is 0 Å². The van der Waals surface area contributed by atoms with E-state index >= 15 is 0 Å². The zero-order valence-electron chi connectivity index (χ0n) is 13.8. The standard InChI is InChI=1S/C17H19BrN2O4/c1-5-6-20-16(21)13(19-17(20)22)8-11-7-12(18)15(24-10(2)3)14(9-11)23-4/h5,7-10H,1,6H2,2-4H3,(H,19,22)/b13-8+. The molecule has 0 bridgehead atoms.